The zero-order valence-corrected chi connectivity index (χ0v) is 10.5. The van der Waals surface area contributed by atoms with Gasteiger partial charge in [-0.2, -0.15) is 0 Å². The van der Waals surface area contributed by atoms with Crippen molar-refractivity contribution in [1.29, 1.82) is 0 Å². The summed E-state index contributed by atoms with van der Waals surface area (Å²) in [5.41, 5.74) is 0.233. The number of aliphatic hydroxyl groups is 1. The Balaban J connectivity index is 3.69. The maximum atomic E-state index is 11.1. The topological polar surface area (TPSA) is 102 Å². The molecule has 0 aliphatic rings. The predicted octanol–water partition coefficient (Wildman–Crippen LogP) is 0.622. The molecule has 17 heavy (non-hydrogen) atoms. The third-order valence-electron chi connectivity index (χ3n) is 1.48. The number of rotatable bonds is 9. The summed E-state index contributed by atoms with van der Waals surface area (Å²) in [7, 11) is -4.13. The lowest BCUT2D eigenvalue weighted by molar-refractivity contribution is -0.139. The Hall–Kier alpha value is -0.720. The minimum absolute atomic E-state index is 0.0875. The van der Waals surface area contributed by atoms with Gasteiger partial charge in [-0.15, -0.1) is 0 Å². The zero-order valence-electron chi connectivity index (χ0n) is 9.63. The number of hydrogen-bond donors (Lipinski definition) is 2. The van der Waals surface area contributed by atoms with Crippen molar-refractivity contribution in [2.75, 3.05) is 26.4 Å². The van der Waals surface area contributed by atoms with Gasteiger partial charge in [0.05, 0.1) is 13.2 Å². The summed E-state index contributed by atoms with van der Waals surface area (Å²) in [4.78, 5) is 20.0. The maximum Gasteiger partial charge on any atom is 0.472 e. The summed E-state index contributed by atoms with van der Waals surface area (Å²) in [5, 5.41) is 8.43. The van der Waals surface area contributed by atoms with Crippen LogP contribution in [0.3, 0.4) is 0 Å². The Labute approximate surface area is 99.6 Å². The van der Waals surface area contributed by atoms with E-state index in [2.05, 4.69) is 20.4 Å². The van der Waals surface area contributed by atoms with Crippen LogP contribution in [0.1, 0.15) is 13.3 Å². The summed E-state index contributed by atoms with van der Waals surface area (Å²) in [5.74, 6) is -0.595. The van der Waals surface area contributed by atoms with Gasteiger partial charge in [-0.3, -0.25) is 9.05 Å². The van der Waals surface area contributed by atoms with Crippen LogP contribution >= 0.6 is 7.82 Å². The fourth-order valence-corrected chi connectivity index (χ4v) is 1.43. The smallest absolute Gasteiger partial charge is 0.460 e. The molecule has 0 aromatic heterocycles. The highest BCUT2D eigenvalue weighted by Gasteiger charge is 2.20. The third kappa shape index (κ3) is 9.02. The van der Waals surface area contributed by atoms with E-state index in [1.807, 2.05) is 0 Å². The first kappa shape index (κ1) is 16.3. The highest BCUT2D eigenvalue weighted by molar-refractivity contribution is 7.47. The number of esters is 1. The second kappa shape index (κ2) is 8.38. The highest BCUT2D eigenvalue weighted by Crippen LogP contribution is 2.42. The normalized spacial score (nSPS) is 14.1. The van der Waals surface area contributed by atoms with Crippen LogP contribution < -0.4 is 0 Å². The van der Waals surface area contributed by atoms with Gasteiger partial charge in [-0.1, -0.05) is 6.58 Å². The van der Waals surface area contributed by atoms with Crippen LogP contribution in [0.25, 0.3) is 0 Å². The number of phosphoric ester groups is 1. The van der Waals surface area contributed by atoms with Crippen LogP contribution in [0.2, 0.25) is 0 Å². The van der Waals surface area contributed by atoms with Gasteiger partial charge in [0, 0.05) is 12.2 Å². The van der Waals surface area contributed by atoms with Crippen LogP contribution in [0.4, 0.5) is 0 Å². The van der Waals surface area contributed by atoms with Crippen molar-refractivity contribution >= 4 is 13.8 Å². The van der Waals surface area contributed by atoms with Crippen molar-refractivity contribution in [2.24, 2.45) is 0 Å². The van der Waals surface area contributed by atoms with Crippen LogP contribution in [0.5, 0.6) is 0 Å². The number of carbonyl (C=O) groups is 1. The average molecular weight is 268 g/mol. The lowest BCUT2D eigenvalue weighted by Gasteiger charge is -2.11. The molecule has 0 aromatic carbocycles. The lowest BCUT2D eigenvalue weighted by Crippen LogP contribution is -2.11. The molecule has 0 saturated carbocycles. The molecule has 2 N–H and O–H groups in total. The molecule has 0 aliphatic heterocycles. The van der Waals surface area contributed by atoms with Crippen LogP contribution in [0.15, 0.2) is 12.2 Å². The molecule has 1 atom stereocenters. The molecule has 0 spiro atoms. The van der Waals surface area contributed by atoms with Crippen LogP contribution in [-0.2, 0) is 23.1 Å². The minimum Gasteiger partial charge on any atom is -0.460 e. The number of ether oxygens (including phenoxy) is 1. The molecule has 100 valence electrons. The summed E-state index contributed by atoms with van der Waals surface area (Å²) in [6.45, 7) is 4.19. The van der Waals surface area contributed by atoms with Gasteiger partial charge in [-0.25, -0.2) is 9.36 Å². The summed E-state index contributed by atoms with van der Waals surface area (Å²) in [6, 6.07) is 0. The Bertz CT molecular complexity index is 302. The Morgan fingerprint density at radius 1 is 1.29 bits per heavy atom. The zero-order chi connectivity index (χ0) is 13.3. The van der Waals surface area contributed by atoms with E-state index in [1.165, 1.54) is 6.92 Å². The minimum atomic E-state index is -4.13. The van der Waals surface area contributed by atoms with E-state index in [9.17, 15) is 9.36 Å². The van der Waals surface area contributed by atoms with E-state index in [0.29, 0.717) is 0 Å². The maximum absolute atomic E-state index is 11.1. The van der Waals surface area contributed by atoms with Crippen molar-refractivity contribution in [2.45, 2.75) is 13.3 Å². The summed E-state index contributed by atoms with van der Waals surface area (Å²) < 4.78 is 24.8. The fraction of sp³-hybridized carbons (Fsp3) is 0.667. The number of carbonyl (C=O) groups excluding carboxylic acids is 1. The molecule has 0 rings (SSSR count). The van der Waals surface area contributed by atoms with E-state index in [1.54, 1.807) is 0 Å². The summed E-state index contributed by atoms with van der Waals surface area (Å²) in [6.07, 6.45) is 0.235. The monoisotopic (exact) mass is 268 g/mol. The third-order valence-corrected chi connectivity index (χ3v) is 2.49. The number of hydrogen-bond acceptors (Lipinski definition) is 6. The number of phosphoric acid groups is 1. The van der Waals surface area contributed by atoms with Crippen LogP contribution in [0, 0.1) is 0 Å². The molecular weight excluding hydrogens is 251 g/mol. The van der Waals surface area contributed by atoms with E-state index in [4.69, 9.17) is 10.00 Å². The van der Waals surface area contributed by atoms with Crippen molar-refractivity contribution in [3.05, 3.63) is 12.2 Å². The van der Waals surface area contributed by atoms with E-state index >= 15 is 0 Å². The van der Waals surface area contributed by atoms with E-state index < -0.39 is 13.8 Å². The largest absolute Gasteiger partial charge is 0.472 e. The fourth-order valence-electron chi connectivity index (χ4n) is 0.692. The van der Waals surface area contributed by atoms with Crippen LogP contribution in [-0.4, -0.2) is 42.4 Å². The molecular formula is C9H17O7P. The van der Waals surface area contributed by atoms with E-state index in [-0.39, 0.29) is 38.4 Å². The standard InChI is InChI=1S/C9H17O7P/c1-8(2)9(11)14-6-7-16-17(12,13)15-5-3-4-10/h10H,1,3-7H2,2H3,(H,12,13). The first-order chi connectivity index (χ1) is 7.89. The molecule has 0 amide bonds. The van der Waals surface area contributed by atoms with Gasteiger partial charge in [0.25, 0.3) is 0 Å². The molecule has 0 bridgehead atoms. The molecule has 0 aliphatic carbocycles. The van der Waals surface area contributed by atoms with Gasteiger partial charge < -0.3 is 14.7 Å². The van der Waals surface area contributed by atoms with Gasteiger partial charge in [0.1, 0.15) is 6.61 Å². The Morgan fingerprint density at radius 2 is 1.88 bits per heavy atom. The molecule has 7 nitrogen and oxygen atoms in total. The Morgan fingerprint density at radius 3 is 2.41 bits per heavy atom. The van der Waals surface area contributed by atoms with Gasteiger partial charge >= 0.3 is 13.8 Å². The molecule has 1 unspecified atom stereocenters. The van der Waals surface area contributed by atoms with Gasteiger partial charge in [0.15, 0.2) is 0 Å². The average Bonchev–Trinajstić information content (AvgIpc) is 2.24. The van der Waals surface area contributed by atoms with Crippen molar-refractivity contribution in [3.8, 4) is 0 Å². The predicted molar refractivity (Wildman–Crippen MR) is 59.2 cm³/mol. The van der Waals surface area contributed by atoms with Crippen molar-refractivity contribution in [1.82, 2.24) is 0 Å². The Kier molecular flexibility index (Phi) is 8.03. The first-order valence-electron chi connectivity index (χ1n) is 4.94. The molecule has 0 fully saturated rings. The van der Waals surface area contributed by atoms with Gasteiger partial charge in [0.2, 0.25) is 0 Å². The molecule has 0 saturated heterocycles. The van der Waals surface area contributed by atoms with Crippen molar-refractivity contribution in [3.63, 3.8) is 0 Å². The second-order valence-electron chi connectivity index (χ2n) is 3.13. The van der Waals surface area contributed by atoms with E-state index in [0.717, 1.165) is 0 Å². The molecule has 0 radical (unpaired) electrons. The van der Waals surface area contributed by atoms with Gasteiger partial charge in [-0.05, 0) is 13.3 Å². The molecule has 0 heterocycles. The SMILES string of the molecule is C=C(C)C(=O)OCCOP(=O)(O)OCCCO. The molecule has 0 aromatic rings. The summed E-state index contributed by atoms with van der Waals surface area (Å²) >= 11 is 0. The van der Waals surface area contributed by atoms with Crippen molar-refractivity contribution < 1.29 is 33.1 Å². The number of aliphatic hydroxyl groups excluding tert-OH is 1. The highest BCUT2D eigenvalue weighted by atomic mass is 31.2. The second-order valence-corrected chi connectivity index (χ2v) is 4.58. The quantitative estimate of drug-likeness (QED) is 0.273. The first-order valence-corrected chi connectivity index (χ1v) is 6.44. The molecule has 8 heteroatoms. The lowest BCUT2D eigenvalue weighted by atomic mass is 10.4.